The molecule has 0 aliphatic carbocycles. The fourth-order valence-corrected chi connectivity index (χ4v) is 3.07. The second-order valence-electron chi connectivity index (χ2n) is 6.89. The zero-order valence-electron chi connectivity index (χ0n) is 16.8. The van der Waals surface area contributed by atoms with E-state index < -0.39 is 0 Å². The number of nitrogens with one attached hydrogen (secondary N) is 2. The summed E-state index contributed by atoms with van der Waals surface area (Å²) in [5.74, 6) is 2.41. The van der Waals surface area contributed by atoms with E-state index >= 15 is 0 Å². The maximum atomic E-state index is 11.6. The van der Waals surface area contributed by atoms with Gasteiger partial charge in [0.25, 0.3) is 0 Å². The maximum absolute atomic E-state index is 11.6. The van der Waals surface area contributed by atoms with Gasteiger partial charge in [-0.3, -0.25) is 9.79 Å². The SMILES string of the molecule is CCNC(=NCCNC(=O)C(C)C)N1CCC(c2ccc(OC)cc2)C1.I. The smallest absolute Gasteiger partial charge is 0.222 e. The minimum atomic E-state index is 0. The molecule has 1 aromatic rings. The highest BCUT2D eigenvalue weighted by Gasteiger charge is 2.26. The molecule has 152 valence electrons. The van der Waals surface area contributed by atoms with Crippen LogP contribution in [0.4, 0.5) is 0 Å². The number of likely N-dealkylation sites (tertiary alicyclic amines) is 1. The third-order valence-electron chi connectivity index (χ3n) is 4.61. The lowest BCUT2D eigenvalue weighted by Crippen LogP contribution is -2.40. The molecule has 1 unspecified atom stereocenters. The predicted octanol–water partition coefficient (Wildman–Crippen LogP) is 2.84. The fourth-order valence-electron chi connectivity index (χ4n) is 3.07. The van der Waals surface area contributed by atoms with Crippen LogP contribution in [0.25, 0.3) is 0 Å². The molecule has 2 N–H and O–H groups in total. The molecule has 6 nitrogen and oxygen atoms in total. The number of benzene rings is 1. The molecule has 0 bridgehead atoms. The van der Waals surface area contributed by atoms with Crippen LogP contribution in [0, 0.1) is 5.92 Å². The first-order valence-electron chi connectivity index (χ1n) is 9.50. The van der Waals surface area contributed by atoms with E-state index in [0.717, 1.165) is 37.8 Å². The number of nitrogens with zero attached hydrogens (tertiary/aromatic N) is 2. The summed E-state index contributed by atoms with van der Waals surface area (Å²) in [5.41, 5.74) is 1.34. The summed E-state index contributed by atoms with van der Waals surface area (Å²) in [6.45, 7) is 9.80. The van der Waals surface area contributed by atoms with Crippen molar-refractivity contribution in [2.75, 3.05) is 39.8 Å². The first-order chi connectivity index (χ1) is 12.5. The number of halogens is 1. The number of hydrogen-bond acceptors (Lipinski definition) is 3. The molecule has 27 heavy (non-hydrogen) atoms. The second kappa shape index (κ2) is 12.0. The first kappa shape index (κ1) is 23.5. The lowest BCUT2D eigenvalue weighted by Gasteiger charge is -2.22. The van der Waals surface area contributed by atoms with Crippen LogP contribution in [0.15, 0.2) is 29.3 Å². The molecule has 1 heterocycles. The molecule has 1 aliphatic heterocycles. The molecular weight excluding hydrogens is 455 g/mol. The third kappa shape index (κ3) is 7.20. The van der Waals surface area contributed by atoms with Crippen LogP contribution in [-0.4, -0.2) is 56.6 Å². The number of carbonyl (C=O) groups is 1. The summed E-state index contributed by atoms with van der Waals surface area (Å²) in [6.07, 6.45) is 1.11. The van der Waals surface area contributed by atoms with Gasteiger partial charge in [-0.25, -0.2) is 0 Å². The van der Waals surface area contributed by atoms with Crippen LogP contribution in [0.3, 0.4) is 0 Å². The van der Waals surface area contributed by atoms with Crippen molar-refractivity contribution in [3.05, 3.63) is 29.8 Å². The third-order valence-corrected chi connectivity index (χ3v) is 4.61. The predicted molar refractivity (Wildman–Crippen MR) is 121 cm³/mol. The van der Waals surface area contributed by atoms with Crippen molar-refractivity contribution in [2.24, 2.45) is 10.9 Å². The average molecular weight is 488 g/mol. The van der Waals surface area contributed by atoms with Gasteiger partial charge in [-0.2, -0.15) is 0 Å². The molecule has 1 atom stereocenters. The van der Waals surface area contributed by atoms with Crippen molar-refractivity contribution < 1.29 is 9.53 Å². The van der Waals surface area contributed by atoms with Crippen molar-refractivity contribution in [3.63, 3.8) is 0 Å². The highest BCUT2D eigenvalue weighted by atomic mass is 127. The van der Waals surface area contributed by atoms with E-state index in [1.54, 1.807) is 7.11 Å². The fraction of sp³-hybridized carbons (Fsp3) is 0.600. The maximum Gasteiger partial charge on any atom is 0.222 e. The number of methoxy groups -OCH3 is 1. The molecular formula is C20H33IN4O2. The van der Waals surface area contributed by atoms with Gasteiger partial charge in [-0.15, -0.1) is 24.0 Å². The van der Waals surface area contributed by atoms with E-state index in [9.17, 15) is 4.79 Å². The van der Waals surface area contributed by atoms with Crippen LogP contribution in [0.2, 0.25) is 0 Å². The van der Waals surface area contributed by atoms with E-state index in [4.69, 9.17) is 4.74 Å². The van der Waals surface area contributed by atoms with Crippen molar-refractivity contribution in [1.29, 1.82) is 0 Å². The van der Waals surface area contributed by atoms with Crippen LogP contribution in [-0.2, 0) is 4.79 Å². The van der Waals surface area contributed by atoms with Gasteiger partial charge in [0.05, 0.1) is 13.7 Å². The Morgan fingerprint density at radius 1 is 1.30 bits per heavy atom. The standard InChI is InChI=1S/C20H32N4O2.HI/c1-5-21-20(23-12-11-22-19(25)15(2)3)24-13-10-17(14-24)16-6-8-18(26-4)9-7-16;/h6-9,15,17H,5,10-14H2,1-4H3,(H,21,23)(H,22,25);1H. The highest BCUT2D eigenvalue weighted by molar-refractivity contribution is 14.0. The van der Waals surface area contributed by atoms with E-state index in [0.29, 0.717) is 19.0 Å². The van der Waals surface area contributed by atoms with Gasteiger partial charge in [0.15, 0.2) is 5.96 Å². The van der Waals surface area contributed by atoms with Gasteiger partial charge in [-0.1, -0.05) is 26.0 Å². The Balaban J connectivity index is 0.00000364. The largest absolute Gasteiger partial charge is 0.497 e. The van der Waals surface area contributed by atoms with Crippen molar-refractivity contribution in [3.8, 4) is 5.75 Å². The molecule has 1 fully saturated rings. The number of aliphatic imine (C=N–C) groups is 1. The second-order valence-corrected chi connectivity index (χ2v) is 6.89. The topological polar surface area (TPSA) is 66.0 Å². The summed E-state index contributed by atoms with van der Waals surface area (Å²) in [7, 11) is 1.69. The Bertz CT molecular complexity index is 605. The zero-order chi connectivity index (χ0) is 18.9. The van der Waals surface area contributed by atoms with Crippen molar-refractivity contribution in [1.82, 2.24) is 15.5 Å². The Labute approximate surface area is 180 Å². The van der Waals surface area contributed by atoms with Gasteiger partial charge < -0.3 is 20.3 Å². The van der Waals surface area contributed by atoms with E-state index in [-0.39, 0.29) is 35.8 Å². The normalized spacial score (nSPS) is 16.9. The van der Waals surface area contributed by atoms with Crippen LogP contribution < -0.4 is 15.4 Å². The molecule has 0 saturated carbocycles. The monoisotopic (exact) mass is 488 g/mol. The number of amides is 1. The zero-order valence-corrected chi connectivity index (χ0v) is 19.2. The van der Waals surface area contributed by atoms with E-state index in [2.05, 4.69) is 39.6 Å². The molecule has 1 amide bonds. The van der Waals surface area contributed by atoms with E-state index in [1.165, 1.54) is 5.56 Å². The van der Waals surface area contributed by atoms with Crippen molar-refractivity contribution in [2.45, 2.75) is 33.1 Å². The number of ether oxygens (including phenoxy) is 1. The molecule has 0 radical (unpaired) electrons. The van der Waals surface area contributed by atoms with Gasteiger partial charge in [-0.05, 0) is 31.0 Å². The molecule has 0 spiro atoms. The van der Waals surface area contributed by atoms with Gasteiger partial charge >= 0.3 is 0 Å². The number of guanidine groups is 1. The first-order valence-corrected chi connectivity index (χ1v) is 9.50. The number of rotatable bonds is 7. The van der Waals surface area contributed by atoms with Gasteiger partial charge in [0, 0.05) is 38.0 Å². The Kier molecular flexibility index (Phi) is 10.5. The summed E-state index contributed by atoms with van der Waals surface area (Å²) in [6, 6.07) is 8.35. The minimum Gasteiger partial charge on any atom is -0.497 e. The van der Waals surface area contributed by atoms with Gasteiger partial charge in [0.1, 0.15) is 5.75 Å². The van der Waals surface area contributed by atoms with Crippen LogP contribution in [0.1, 0.15) is 38.7 Å². The number of hydrogen-bond donors (Lipinski definition) is 2. The quantitative estimate of drug-likeness (QED) is 0.268. The molecule has 0 aromatic heterocycles. The molecule has 7 heteroatoms. The Morgan fingerprint density at radius 3 is 2.59 bits per heavy atom. The van der Waals surface area contributed by atoms with Crippen LogP contribution in [0.5, 0.6) is 5.75 Å². The summed E-state index contributed by atoms with van der Waals surface area (Å²) in [4.78, 5) is 18.6. The molecule has 2 rings (SSSR count). The van der Waals surface area contributed by atoms with Gasteiger partial charge in [0.2, 0.25) is 5.91 Å². The summed E-state index contributed by atoms with van der Waals surface area (Å²) < 4.78 is 5.24. The van der Waals surface area contributed by atoms with Crippen molar-refractivity contribution >= 4 is 35.8 Å². The minimum absolute atomic E-state index is 0. The Morgan fingerprint density at radius 2 is 2.00 bits per heavy atom. The van der Waals surface area contributed by atoms with Crippen LogP contribution >= 0.6 is 24.0 Å². The number of carbonyl (C=O) groups excluding carboxylic acids is 1. The summed E-state index contributed by atoms with van der Waals surface area (Å²) >= 11 is 0. The molecule has 1 saturated heterocycles. The lowest BCUT2D eigenvalue weighted by molar-refractivity contribution is -0.123. The van der Waals surface area contributed by atoms with E-state index in [1.807, 2.05) is 26.0 Å². The molecule has 1 aliphatic rings. The molecule has 1 aromatic carbocycles. The average Bonchev–Trinajstić information content (AvgIpc) is 3.14. The lowest BCUT2D eigenvalue weighted by atomic mass is 9.98. The Hall–Kier alpha value is -1.51. The highest BCUT2D eigenvalue weighted by Crippen LogP contribution is 2.28. The summed E-state index contributed by atoms with van der Waals surface area (Å²) in [5, 5.41) is 6.28.